The van der Waals surface area contributed by atoms with Crippen molar-refractivity contribution in [3.63, 3.8) is 0 Å². The number of thiophene rings is 1. The van der Waals surface area contributed by atoms with Gasteiger partial charge in [0.15, 0.2) is 0 Å². The molecular weight excluding hydrogens is 556 g/mol. The number of nitrogens with one attached hydrogen (secondary N) is 2. The highest BCUT2D eigenvalue weighted by Gasteiger charge is 2.20. The summed E-state index contributed by atoms with van der Waals surface area (Å²) in [6.45, 7) is 3.04. The molecule has 1 aliphatic heterocycles. The normalized spacial score (nSPS) is 15.7. The summed E-state index contributed by atoms with van der Waals surface area (Å²) < 4.78 is 8.71. The summed E-state index contributed by atoms with van der Waals surface area (Å²) >= 11 is 1.65. The number of aromatic nitrogens is 2. The zero-order chi connectivity index (χ0) is 29.9. The Kier molecular flexibility index (Phi) is 8.47. The van der Waals surface area contributed by atoms with E-state index in [2.05, 4.69) is 45.1 Å². The van der Waals surface area contributed by atoms with Crippen LogP contribution >= 0.6 is 11.3 Å². The van der Waals surface area contributed by atoms with Gasteiger partial charge in [0.1, 0.15) is 17.3 Å². The smallest absolute Gasteiger partial charge is 0.272 e. The van der Waals surface area contributed by atoms with Crippen molar-refractivity contribution in [1.82, 2.24) is 19.8 Å². The van der Waals surface area contributed by atoms with E-state index in [0.717, 1.165) is 50.8 Å². The van der Waals surface area contributed by atoms with Crippen molar-refractivity contribution >= 4 is 55.8 Å². The molecule has 1 amide bonds. The Morgan fingerprint density at radius 1 is 1.21 bits per heavy atom. The maximum atomic E-state index is 13.2. The van der Waals surface area contributed by atoms with Gasteiger partial charge in [-0.1, -0.05) is 36.4 Å². The molecule has 1 saturated heterocycles. The van der Waals surface area contributed by atoms with Crippen LogP contribution in [0.5, 0.6) is 5.75 Å². The van der Waals surface area contributed by atoms with E-state index in [4.69, 9.17) is 10.5 Å². The van der Waals surface area contributed by atoms with Crippen LogP contribution in [0.15, 0.2) is 66.2 Å². The summed E-state index contributed by atoms with van der Waals surface area (Å²) in [7, 11) is 5.73. The number of para-hydroxylation sites is 1. The number of rotatable bonds is 10. The molecule has 6 rings (SSSR count). The van der Waals surface area contributed by atoms with Crippen molar-refractivity contribution in [2.24, 2.45) is 7.05 Å². The molecule has 0 spiro atoms. The van der Waals surface area contributed by atoms with Crippen LogP contribution in [-0.4, -0.2) is 60.2 Å². The molecule has 4 heterocycles. The Bertz CT molecular complexity index is 1810. The number of hydrogen-bond donors (Lipinski definition) is 3. The van der Waals surface area contributed by atoms with Crippen LogP contribution in [0, 0.1) is 0 Å². The predicted octanol–water partition coefficient (Wildman–Crippen LogP) is 6.39. The van der Waals surface area contributed by atoms with E-state index >= 15 is 0 Å². The standard InChI is InChI=1S/C34H38N6O2S/c1-39-17-7-10-25(39)14-16-36-15-6-9-24-20-37-33(35)31-26(21-43-32(24)31)22-12-13-27(30(19-22)42-3)38-34(41)29-18-23-8-4-5-11-28(23)40(29)2/h4-6,8-9,11-13,18-21,25,36H,7,10,14-17H2,1-3H3,(H2,35,37)(H,38,41)/b9-6+. The Morgan fingerprint density at radius 3 is 2.86 bits per heavy atom. The van der Waals surface area contributed by atoms with E-state index < -0.39 is 0 Å². The van der Waals surface area contributed by atoms with Crippen LogP contribution in [0.1, 0.15) is 35.3 Å². The molecule has 9 heteroatoms. The highest BCUT2D eigenvalue weighted by Crippen LogP contribution is 2.41. The predicted molar refractivity (Wildman–Crippen MR) is 179 cm³/mol. The second kappa shape index (κ2) is 12.6. The molecule has 1 fully saturated rings. The van der Waals surface area contributed by atoms with E-state index in [1.807, 2.05) is 66.3 Å². The fourth-order valence-corrected chi connectivity index (χ4v) is 7.14. The topological polar surface area (TPSA) is 97.4 Å². The van der Waals surface area contributed by atoms with Crippen LogP contribution in [0.4, 0.5) is 11.5 Å². The first-order valence-electron chi connectivity index (χ1n) is 14.7. The molecule has 3 aromatic heterocycles. The highest BCUT2D eigenvalue weighted by atomic mass is 32.1. The Balaban J connectivity index is 1.18. The monoisotopic (exact) mass is 594 g/mol. The second-order valence-corrected chi connectivity index (χ2v) is 12.0. The SMILES string of the molecule is COc1cc(-c2csc3c(/C=C/CNCCC4CCCN4C)cnc(N)c23)ccc1NC(=O)c1cc2ccccc2n1C. The zero-order valence-electron chi connectivity index (χ0n) is 24.9. The minimum Gasteiger partial charge on any atom is -0.495 e. The van der Waals surface area contributed by atoms with Crippen LogP contribution in [0.3, 0.4) is 0 Å². The zero-order valence-corrected chi connectivity index (χ0v) is 25.7. The van der Waals surface area contributed by atoms with Gasteiger partial charge in [0.2, 0.25) is 0 Å². The lowest BCUT2D eigenvalue weighted by Gasteiger charge is -2.18. The van der Waals surface area contributed by atoms with E-state index in [1.165, 1.54) is 25.8 Å². The van der Waals surface area contributed by atoms with Gasteiger partial charge in [0.25, 0.3) is 5.91 Å². The minimum atomic E-state index is -0.198. The number of amides is 1. The average Bonchev–Trinajstić information content (AvgIpc) is 3.74. The quantitative estimate of drug-likeness (QED) is 0.162. The van der Waals surface area contributed by atoms with E-state index in [0.29, 0.717) is 29.0 Å². The number of aryl methyl sites for hydroxylation is 1. The van der Waals surface area contributed by atoms with Gasteiger partial charge in [0.05, 0.1) is 12.8 Å². The summed E-state index contributed by atoms with van der Waals surface area (Å²) in [5, 5.41) is 10.6. The number of nitrogens with zero attached hydrogens (tertiary/aromatic N) is 3. The third kappa shape index (κ3) is 5.88. The van der Waals surface area contributed by atoms with Gasteiger partial charge >= 0.3 is 0 Å². The Morgan fingerprint density at radius 2 is 2.07 bits per heavy atom. The number of methoxy groups -OCH3 is 1. The number of likely N-dealkylation sites (tertiary alicyclic amines) is 1. The summed E-state index contributed by atoms with van der Waals surface area (Å²) in [5.41, 5.74) is 11.6. The molecule has 5 aromatic rings. The maximum Gasteiger partial charge on any atom is 0.272 e. The minimum absolute atomic E-state index is 0.198. The Labute approximate surface area is 256 Å². The van der Waals surface area contributed by atoms with Crippen molar-refractivity contribution in [2.45, 2.75) is 25.3 Å². The van der Waals surface area contributed by atoms with Crippen molar-refractivity contribution in [1.29, 1.82) is 0 Å². The molecule has 8 nitrogen and oxygen atoms in total. The first-order valence-corrected chi connectivity index (χ1v) is 15.6. The summed E-state index contributed by atoms with van der Waals surface area (Å²) in [4.78, 5) is 20.2. The number of carbonyl (C=O) groups is 1. The number of carbonyl (C=O) groups excluding carboxylic acids is 1. The lowest BCUT2D eigenvalue weighted by Crippen LogP contribution is -2.29. The van der Waals surface area contributed by atoms with Crippen molar-refractivity contribution < 1.29 is 9.53 Å². The van der Waals surface area contributed by atoms with Gasteiger partial charge in [-0.15, -0.1) is 11.3 Å². The number of nitrogens with two attached hydrogens (primary N) is 1. The lowest BCUT2D eigenvalue weighted by molar-refractivity contribution is 0.101. The molecule has 0 saturated carbocycles. The average molecular weight is 595 g/mol. The summed E-state index contributed by atoms with van der Waals surface area (Å²) in [6, 6.07) is 16.3. The Hall–Kier alpha value is -4.18. The van der Waals surface area contributed by atoms with E-state index in [1.54, 1.807) is 18.4 Å². The van der Waals surface area contributed by atoms with Gasteiger partial charge in [-0.25, -0.2) is 4.98 Å². The molecule has 0 bridgehead atoms. The third-order valence-corrected chi connectivity index (χ3v) is 9.51. The van der Waals surface area contributed by atoms with Crippen LogP contribution in [0.2, 0.25) is 0 Å². The summed E-state index contributed by atoms with van der Waals surface area (Å²) in [6.07, 6.45) is 9.91. The van der Waals surface area contributed by atoms with Crippen molar-refractivity contribution in [2.75, 3.05) is 44.8 Å². The first-order chi connectivity index (χ1) is 20.9. The molecule has 1 atom stereocenters. The number of benzene rings is 2. The molecule has 0 radical (unpaired) electrons. The lowest BCUT2D eigenvalue weighted by atomic mass is 10.0. The number of ether oxygens (including phenoxy) is 1. The molecule has 1 unspecified atom stereocenters. The molecule has 43 heavy (non-hydrogen) atoms. The van der Waals surface area contributed by atoms with Gasteiger partial charge in [-0.2, -0.15) is 0 Å². The number of hydrogen-bond acceptors (Lipinski definition) is 7. The van der Waals surface area contributed by atoms with Crippen LogP contribution in [-0.2, 0) is 7.05 Å². The van der Waals surface area contributed by atoms with E-state index in [-0.39, 0.29) is 5.91 Å². The highest BCUT2D eigenvalue weighted by molar-refractivity contribution is 7.18. The second-order valence-electron chi connectivity index (χ2n) is 11.1. The van der Waals surface area contributed by atoms with Crippen LogP contribution < -0.4 is 21.1 Å². The first kappa shape index (κ1) is 28.9. The van der Waals surface area contributed by atoms with Gasteiger partial charge < -0.3 is 30.6 Å². The molecule has 0 aliphatic carbocycles. The van der Waals surface area contributed by atoms with Crippen LogP contribution in [0.25, 0.3) is 38.2 Å². The maximum absolute atomic E-state index is 13.2. The fraction of sp³-hybridized carbons (Fsp3) is 0.294. The summed E-state index contributed by atoms with van der Waals surface area (Å²) in [5.74, 6) is 0.867. The number of pyridine rings is 1. The van der Waals surface area contributed by atoms with Gasteiger partial charge in [-0.05, 0) is 74.6 Å². The third-order valence-electron chi connectivity index (χ3n) is 8.48. The fourth-order valence-electron chi connectivity index (χ4n) is 6.06. The number of nitrogen functional groups attached to an aromatic ring is 1. The number of fused-ring (bicyclic) bond motifs is 2. The molecule has 4 N–H and O–H groups in total. The van der Waals surface area contributed by atoms with Crippen molar-refractivity contribution in [3.05, 3.63) is 77.4 Å². The molecular formula is C34H38N6O2S. The molecule has 1 aliphatic rings. The van der Waals surface area contributed by atoms with Gasteiger partial charge in [-0.3, -0.25) is 4.79 Å². The molecule has 222 valence electrons. The van der Waals surface area contributed by atoms with Gasteiger partial charge in [0, 0.05) is 57.9 Å². The number of anilines is 2. The van der Waals surface area contributed by atoms with Crippen molar-refractivity contribution in [3.8, 4) is 16.9 Å². The largest absolute Gasteiger partial charge is 0.495 e. The molecule has 2 aromatic carbocycles. The van der Waals surface area contributed by atoms with E-state index in [9.17, 15) is 4.79 Å².